The van der Waals surface area contributed by atoms with Crippen molar-refractivity contribution in [2.24, 2.45) is 5.92 Å². The second-order valence-electron chi connectivity index (χ2n) is 6.90. The van der Waals surface area contributed by atoms with Crippen LogP contribution in [-0.2, 0) is 16.1 Å². The van der Waals surface area contributed by atoms with Crippen LogP contribution in [0.1, 0.15) is 37.4 Å². The van der Waals surface area contributed by atoms with Gasteiger partial charge < -0.3 is 14.6 Å². The Morgan fingerprint density at radius 3 is 2.76 bits per heavy atom. The average Bonchev–Trinajstić information content (AvgIpc) is 3.12. The third kappa shape index (κ3) is 3.44. The van der Waals surface area contributed by atoms with Crippen LogP contribution in [0, 0.1) is 5.92 Å². The molecule has 1 unspecified atom stereocenters. The molecular weight excluding hydrogens is 316 g/mol. The molecule has 0 bridgehead atoms. The number of rotatable bonds is 4. The third-order valence-electron chi connectivity index (χ3n) is 5.22. The number of ether oxygens (including phenoxy) is 1. The van der Waals surface area contributed by atoms with Crippen molar-refractivity contribution in [3.63, 3.8) is 0 Å². The molecule has 2 aliphatic rings. The zero-order chi connectivity index (χ0) is 17.1. The lowest BCUT2D eigenvalue weighted by atomic mass is 9.96. The summed E-state index contributed by atoms with van der Waals surface area (Å²) in [7, 11) is 0. The summed E-state index contributed by atoms with van der Waals surface area (Å²) in [5.41, 5.74) is 1.05. The van der Waals surface area contributed by atoms with E-state index in [1.807, 2.05) is 30.3 Å². The quantitative estimate of drug-likeness (QED) is 0.928. The molecule has 1 aromatic heterocycles. The molecule has 1 aromatic carbocycles. The number of hydrogen-bond donors (Lipinski definition) is 1. The van der Waals surface area contributed by atoms with E-state index >= 15 is 0 Å². The fourth-order valence-corrected chi connectivity index (χ4v) is 3.74. The van der Waals surface area contributed by atoms with Crippen molar-refractivity contribution in [2.45, 2.75) is 38.1 Å². The fourth-order valence-electron chi connectivity index (χ4n) is 3.74. The van der Waals surface area contributed by atoms with Crippen LogP contribution < -0.4 is 5.32 Å². The van der Waals surface area contributed by atoms with Crippen LogP contribution in [0.25, 0.3) is 11.4 Å². The van der Waals surface area contributed by atoms with Gasteiger partial charge in [-0.25, -0.2) is 0 Å². The lowest BCUT2D eigenvalue weighted by Gasteiger charge is -2.25. The van der Waals surface area contributed by atoms with E-state index in [9.17, 15) is 4.79 Å². The number of aromatic nitrogens is 3. The molecule has 0 spiro atoms. The Kier molecular flexibility index (Phi) is 4.78. The molecule has 0 saturated carbocycles. The smallest absolute Gasteiger partial charge is 0.230 e. The summed E-state index contributed by atoms with van der Waals surface area (Å²) in [6.45, 7) is 3.21. The van der Waals surface area contributed by atoms with Gasteiger partial charge in [-0.1, -0.05) is 30.3 Å². The van der Waals surface area contributed by atoms with Gasteiger partial charge in [0.25, 0.3) is 0 Å². The van der Waals surface area contributed by atoms with Crippen LogP contribution in [0.3, 0.4) is 0 Å². The number of carbonyl (C=O) groups is 1. The SMILES string of the molecule is O=C(NCC1CCOCC1)C1CCCn2c(-c3ccccc3)nnc21. The standard InChI is InChI=1S/C19H24N4O2/c24-19(20-13-14-8-11-25-12-9-14)16-7-4-10-23-17(21-22-18(16)23)15-5-2-1-3-6-15/h1-3,5-6,14,16H,4,7-13H2,(H,20,24). The molecule has 1 N–H and O–H groups in total. The number of fused-ring (bicyclic) bond motifs is 1. The largest absolute Gasteiger partial charge is 0.381 e. The predicted octanol–water partition coefficient (Wildman–Crippen LogP) is 2.37. The molecule has 6 nitrogen and oxygen atoms in total. The molecule has 0 aliphatic carbocycles. The minimum absolute atomic E-state index is 0.0828. The summed E-state index contributed by atoms with van der Waals surface area (Å²) in [6.07, 6.45) is 3.87. The molecule has 2 aliphatic heterocycles. The van der Waals surface area contributed by atoms with Gasteiger partial charge in [-0.15, -0.1) is 10.2 Å². The van der Waals surface area contributed by atoms with Crippen LogP contribution in [-0.4, -0.2) is 40.4 Å². The topological polar surface area (TPSA) is 69.0 Å². The number of benzene rings is 1. The number of nitrogens with one attached hydrogen (secondary N) is 1. The van der Waals surface area contributed by atoms with Crippen LogP contribution in [0.4, 0.5) is 0 Å². The number of nitrogens with zero attached hydrogens (tertiary/aromatic N) is 3. The van der Waals surface area contributed by atoms with Gasteiger partial charge in [-0.3, -0.25) is 4.79 Å². The van der Waals surface area contributed by atoms with E-state index in [1.165, 1.54) is 0 Å². The summed E-state index contributed by atoms with van der Waals surface area (Å²) < 4.78 is 7.49. The maximum Gasteiger partial charge on any atom is 0.230 e. The summed E-state index contributed by atoms with van der Waals surface area (Å²) in [5, 5.41) is 11.9. The Balaban J connectivity index is 1.48. The van der Waals surface area contributed by atoms with Crippen LogP contribution >= 0.6 is 0 Å². The summed E-state index contributed by atoms with van der Waals surface area (Å²) in [4.78, 5) is 12.7. The van der Waals surface area contributed by atoms with Crippen LogP contribution in [0.2, 0.25) is 0 Å². The van der Waals surface area contributed by atoms with Crippen molar-refractivity contribution < 1.29 is 9.53 Å². The molecule has 1 atom stereocenters. The predicted molar refractivity (Wildman–Crippen MR) is 94.0 cm³/mol. The first-order chi connectivity index (χ1) is 12.3. The molecule has 1 saturated heterocycles. The average molecular weight is 340 g/mol. The number of hydrogen-bond acceptors (Lipinski definition) is 4. The fraction of sp³-hybridized carbons (Fsp3) is 0.526. The Morgan fingerprint density at radius 1 is 1.16 bits per heavy atom. The maximum absolute atomic E-state index is 12.7. The Hall–Kier alpha value is -2.21. The van der Waals surface area contributed by atoms with E-state index in [4.69, 9.17) is 4.74 Å². The van der Waals surface area contributed by atoms with Gasteiger partial charge in [-0.2, -0.15) is 0 Å². The molecule has 1 fully saturated rings. The second-order valence-corrected chi connectivity index (χ2v) is 6.90. The van der Waals surface area contributed by atoms with Gasteiger partial charge in [0.1, 0.15) is 5.82 Å². The molecule has 1 amide bonds. The first-order valence-electron chi connectivity index (χ1n) is 9.17. The summed E-state index contributed by atoms with van der Waals surface area (Å²) in [6, 6.07) is 10.1. The molecule has 4 rings (SSSR count). The highest BCUT2D eigenvalue weighted by Crippen LogP contribution is 2.30. The van der Waals surface area contributed by atoms with Gasteiger partial charge in [0, 0.05) is 31.9 Å². The Bertz CT molecular complexity index is 722. The van der Waals surface area contributed by atoms with Crippen molar-refractivity contribution in [1.29, 1.82) is 0 Å². The van der Waals surface area contributed by atoms with Gasteiger partial charge >= 0.3 is 0 Å². The van der Waals surface area contributed by atoms with E-state index < -0.39 is 0 Å². The van der Waals surface area contributed by atoms with E-state index in [0.29, 0.717) is 5.92 Å². The summed E-state index contributed by atoms with van der Waals surface area (Å²) in [5.74, 6) is 2.07. The van der Waals surface area contributed by atoms with Crippen molar-refractivity contribution in [3.05, 3.63) is 36.2 Å². The van der Waals surface area contributed by atoms with Gasteiger partial charge in [0.15, 0.2) is 5.82 Å². The number of carbonyl (C=O) groups excluding carboxylic acids is 1. The lowest BCUT2D eigenvalue weighted by Crippen LogP contribution is -2.37. The highest BCUT2D eigenvalue weighted by Gasteiger charge is 2.31. The van der Waals surface area contributed by atoms with Gasteiger partial charge in [-0.05, 0) is 31.6 Å². The minimum atomic E-state index is -0.196. The molecule has 6 heteroatoms. The third-order valence-corrected chi connectivity index (χ3v) is 5.22. The summed E-state index contributed by atoms with van der Waals surface area (Å²) >= 11 is 0. The monoisotopic (exact) mass is 340 g/mol. The van der Waals surface area contributed by atoms with Crippen molar-refractivity contribution >= 4 is 5.91 Å². The second kappa shape index (κ2) is 7.35. The van der Waals surface area contributed by atoms with Gasteiger partial charge in [0.05, 0.1) is 5.92 Å². The molecular formula is C19H24N4O2. The van der Waals surface area contributed by atoms with Crippen molar-refractivity contribution in [2.75, 3.05) is 19.8 Å². The lowest BCUT2D eigenvalue weighted by molar-refractivity contribution is -0.123. The van der Waals surface area contributed by atoms with Crippen molar-refractivity contribution in [1.82, 2.24) is 20.1 Å². The first kappa shape index (κ1) is 16.3. The van der Waals surface area contributed by atoms with Gasteiger partial charge in [0.2, 0.25) is 5.91 Å². The molecule has 3 heterocycles. The van der Waals surface area contributed by atoms with E-state index in [2.05, 4.69) is 20.1 Å². The van der Waals surface area contributed by atoms with E-state index in [1.54, 1.807) is 0 Å². The van der Waals surface area contributed by atoms with Crippen molar-refractivity contribution in [3.8, 4) is 11.4 Å². The van der Waals surface area contributed by atoms with E-state index in [0.717, 1.165) is 69.2 Å². The van der Waals surface area contributed by atoms with E-state index in [-0.39, 0.29) is 11.8 Å². The zero-order valence-corrected chi connectivity index (χ0v) is 14.4. The molecule has 132 valence electrons. The normalized spacial score (nSPS) is 20.9. The Labute approximate surface area is 147 Å². The molecule has 25 heavy (non-hydrogen) atoms. The molecule has 0 radical (unpaired) electrons. The first-order valence-corrected chi connectivity index (χ1v) is 9.17. The Morgan fingerprint density at radius 2 is 1.96 bits per heavy atom. The minimum Gasteiger partial charge on any atom is -0.381 e. The zero-order valence-electron chi connectivity index (χ0n) is 14.4. The number of amides is 1. The van der Waals surface area contributed by atoms with Crippen LogP contribution in [0.5, 0.6) is 0 Å². The highest BCUT2D eigenvalue weighted by molar-refractivity contribution is 5.83. The maximum atomic E-state index is 12.7. The van der Waals surface area contributed by atoms with Crippen LogP contribution in [0.15, 0.2) is 30.3 Å². The molecule has 2 aromatic rings. The highest BCUT2D eigenvalue weighted by atomic mass is 16.5.